The lowest BCUT2D eigenvalue weighted by Gasteiger charge is -2.15. The fourth-order valence-electron chi connectivity index (χ4n) is 2.52. The zero-order chi connectivity index (χ0) is 13.5. The van der Waals surface area contributed by atoms with Crippen molar-refractivity contribution in [3.05, 3.63) is 29.8 Å². The Bertz CT molecular complexity index is 442. The van der Waals surface area contributed by atoms with E-state index >= 15 is 0 Å². The number of aliphatic hydroxyl groups excluding tert-OH is 1. The molecule has 0 saturated heterocycles. The van der Waals surface area contributed by atoms with Crippen LogP contribution in [0.4, 0.5) is 0 Å². The number of benzene rings is 1. The van der Waals surface area contributed by atoms with Crippen molar-refractivity contribution in [1.29, 1.82) is 5.26 Å². The third-order valence-electron chi connectivity index (χ3n) is 3.56. The average molecular weight is 260 g/mol. The van der Waals surface area contributed by atoms with E-state index in [1.165, 1.54) is 0 Å². The van der Waals surface area contributed by atoms with Crippen molar-refractivity contribution in [2.45, 2.75) is 31.9 Å². The highest BCUT2D eigenvalue weighted by Gasteiger charge is 2.24. The van der Waals surface area contributed by atoms with Crippen molar-refractivity contribution in [1.82, 2.24) is 5.32 Å². The summed E-state index contributed by atoms with van der Waals surface area (Å²) in [7, 11) is 0. The second-order valence-corrected chi connectivity index (χ2v) is 4.98. The van der Waals surface area contributed by atoms with Gasteiger partial charge in [0.05, 0.1) is 6.10 Å². The standard InChI is InChI=1S/C15H20N2O2/c16-7-8-19-14-5-1-3-12(9-14)10-17-11-13-4-2-6-15(13)18/h1,3,5,9,13,15,17-18H,2,4,6,8,10-11H2. The molecule has 0 radical (unpaired) electrons. The van der Waals surface area contributed by atoms with Crippen LogP contribution in [0.5, 0.6) is 5.75 Å². The fourth-order valence-corrected chi connectivity index (χ4v) is 2.52. The first-order valence-corrected chi connectivity index (χ1v) is 6.77. The van der Waals surface area contributed by atoms with Crippen LogP contribution in [0, 0.1) is 17.2 Å². The second kappa shape index (κ2) is 7.13. The highest BCUT2D eigenvalue weighted by Crippen LogP contribution is 2.24. The van der Waals surface area contributed by atoms with E-state index in [0.29, 0.717) is 5.92 Å². The van der Waals surface area contributed by atoms with Crippen molar-refractivity contribution in [3.8, 4) is 11.8 Å². The molecule has 4 heteroatoms. The molecule has 2 rings (SSSR count). The van der Waals surface area contributed by atoms with E-state index in [4.69, 9.17) is 10.00 Å². The van der Waals surface area contributed by atoms with Gasteiger partial charge in [0.15, 0.2) is 6.61 Å². The first-order chi connectivity index (χ1) is 9.29. The molecule has 0 aromatic heterocycles. The Morgan fingerprint density at radius 1 is 1.42 bits per heavy atom. The summed E-state index contributed by atoms with van der Waals surface area (Å²) in [5, 5.41) is 21.6. The van der Waals surface area contributed by atoms with Crippen LogP contribution in [0.15, 0.2) is 24.3 Å². The maximum atomic E-state index is 9.74. The van der Waals surface area contributed by atoms with Gasteiger partial charge in [0.2, 0.25) is 0 Å². The number of rotatable bonds is 6. The van der Waals surface area contributed by atoms with E-state index in [-0.39, 0.29) is 12.7 Å². The Labute approximate surface area is 114 Å². The summed E-state index contributed by atoms with van der Waals surface area (Å²) in [4.78, 5) is 0. The van der Waals surface area contributed by atoms with Crippen molar-refractivity contribution >= 4 is 0 Å². The molecular weight excluding hydrogens is 240 g/mol. The Morgan fingerprint density at radius 2 is 2.32 bits per heavy atom. The number of nitrogens with zero attached hydrogens (tertiary/aromatic N) is 1. The largest absolute Gasteiger partial charge is 0.479 e. The Kier molecular flexibility index (Phi) is 5.20. The molecule has 1 saturated carbocycles. The van der Waals surface area contributed by atoms with Gasteiger partial charge in [-0.15, -0.1) is 0 Å². The summed E-state index contributed by atoms with van der Waals surface area (Å²) in [5.74, 6) is 1.11. The van der Waals surface area contributed by atoms with Crippen molar-refractivity contribution in [3.63, 3.8) is 0 Å². The molecule has 0 aliphatic heterocycles. The summed E-state index contributed by atoms with van der Waals surface area (Å²) in [5.41, 5.74) is 1.13. The van der Waals surface area contributed by atoms with Crippen LogP contribution in [0.2, 0.25) is 0 Å². The quantitative estimate of drug-likeness (QED) is 0.819. The van der Waals surface area contributed by atoms with Gasteiger partial charge in [-0.3, -0.25) is 0 Å². The Hall–Kier alpha value is -1.57. The van der Waals surface area contributed by atoms with Crippen LogP contribution in [-0.4, -0.2) is 24.4 Å². The fraction of sp³-hybridized carbons (Fsp3) is 0.533. The topological polar surface area (TPSA) is 65.3 Å². The molecule has 0 heterocycles. The molecule has 0 amide bonds. The number of nitrogens with one attached hydrogen (secondary N) is 1. The lowest BCUT2D eigenvalue weighted by Crippen LogP contribution is -2.27. The van der Waals surface area contributed by atoms with Crippen LogP contribution in [-0.2, 0) is 6.54 Å². The van der Waals surface area contributed by atoms with Gasteiger partial charge in [-0.05, 0) is 36.5 Å². The molecule has 1 aliphatic rings. The first kappa shape index (κ1) is 13.9. The van der Waals surface area contributed by atoms with Crippen LogP contribution in [0.25, 0.3) is 0 Å². The number of hydrogen-bond donors (Lipinski definition) is 2. The molecule has 0 bridgehead atoms. The van der Waals surface area contributed by atoms with Gasteiger partial charge in [-0.2, -0.15) is 5.26 Å². The summed E-state index contributed by atoms with van der Waals surface area (Å²) >= 11 is 0. The van der Waals surface area contributed by atoms with Gasteiger partial charge in [0, 0.05) is 13.1 Å². The summed E-state index contributed by atoms with van der Waals surface area (Å²) in [6.07, 6.45) is 3.03. The zero-order valence-electron chi connectivity index (χ0n) is 11.0. The van der Waals surface area contributed by atoms with Gasteiger partial charge in [-0.1, -0.05) is 18.6 Å². The van der Waals surface area contributed by atoms with E-state index in [9.17, 15) is 5.11 Å². The number of nitriles is 1. The predicted molar refractivity (Wildman–Crippen MR) is 72.6 cm³/mol. The molecular formula is C15H20N2O2. The lowest BCUT2D eigenvalue weighted by molar-refractivity contribution is 0.131. The minimum absolute atomic E-state index is 0.0746. The molecule has 19 heavy (non-hydrogen) atoms. The highest BCUT2D eigenvalue weighted by atomic mass is 16.5. The molecule has 2 N–H and O–H groups in total. The van der Waals surface area contributed by atoms with Gasteiger partial charge < -0.3 is 15.2 Å². The lowest BCUT2D eigenvalue weighted by atomic mass is 10.1. The van der Waals surface area contributed by atoms with E-state index in [0.717, 1.165) is 43.7 Å². The van der Waals surface area contributed by atoms with Gasteiger partial charge in [0.25, 0.3) is 0 Å². The zero-order valence-corrected chi connectivity index (χ0v) is 11.0. The molecule has 4 nitrogen and oxygen atoms in total. The summed E-state index contributed by atoms with van der Waals surface area (Å²) in [6, 6.07) is 9.69. The predicted octanol–water partition coefficient (Wildman–Crippen LogP) is 1.84. The maximum absolute atomic E-state index is 9.74. The maximum Gasteiger partial charge on any atom is 0.174 e. The molecule has 102 valence electrons. The average Bonchev–Trinajstić information content (AvgIpc) is 2.83. The molecule has 1 aliphatic carbocycles. The van der Waals surface area contributed by atoms with E-state index in [2.05, 4.69) is 5.32 Å². The molecule has 1 aromatic rings. The summed E-state index contributed by atoms with van der Waals surface area (Å²) < 4.78 is 5.26. The van der Waals surface area contributed by atoms with Crippen molar-refractivity contribution in [2.24, 2.45) is 5.92 Å². The Morgan fingerprint density at radius 3 is 3.05 bits per heavy atom. The third-order valence-corrected chi connectivity index (χ3v) is 3.56. The van der Waals surface area contributed by atoms with Crippen molar-refractivity contribution in [2.75, 3.05) is 13.2 Å². The van der Waals surface area contributed by atoms with Crippen molar-refractivity contribution < 1.29 is 9.84 Å². The molecule has 0 spiro atoms. The van der Waals surface area contributed by atoms with Gasteiger partial charge >= 0.3 is 0 Å². The normalized spacial score (nSPS) is 22.1. The van der Waals surface area contributed by atoms with Crippen LogP contribution < -0.4 is 10.1 Å². The first-order valence-electron chi connectivity index (χ1n) is 6.77. The monoisotopic (exact) mass is 260 g/mol. The second-order valence-electron chi connectivity index (χ2n) is 4.98. The van der Waals surface area contributed by atoms with Crippen LogP contribution in [0.3, 0.4) is 0 Å². The molecule has 1 fully saturated rings. The van der Waals surface area contributed by atoms with E-state index < -0.39 is 0 Å². The van der Waals surface area contributed by atoms with Crippen LogP contribution >= 0.6 is 0 Å². The molecule has 2 atom stereocenters. The van der Waals surface area contributed by atoms with Gasteiger partial charge in [0.1, 0.15) is 11.8 Å². The number of ether oxygens (including phenoxy) is 1. The molecule has 2 unspecified atom stereocenters. The number of aliphatic hydroxyl groups is 1. The minimum Gasteiger partial charge on any atom is -0.479 e. The van der Waals surface area contributed by atoms with E-state index in [1.54, 1.807) is 0 Å². The third kappa shape index (κ3) is 4.23. The van der Waals surface area contributed by atoms with Crippen LogP contribution in [0.1, 0.15) is 24.8 Å². The highest BCUT2D eigenvalue weighted by molar-refractivity contribution is 5.28. The number of hydrogen-bond acceptors (Lipinski definition) is 4. The smallest absolute Gasteiger partial charge is 0.174 e. The summed E-state index contributed by atoms with van der Waals surface area (Å²) in [6.45, 7) is 1.68. The SMILES string of the molecule is N#CCOc1cccc(CNCC2CCCC2O)c1. The molecule has 1 aromatic carbocycles. The van der Waals surface area contributed by atoms with Gasteiger partial charge in [-0.25, -0.2) is 0 Å². The van der Waals surface area contributed by atoms with E-state index in [1.807, 2.05) is 30.3 Å². The Balaban J connectivity index is 1.77. The minimum atomic E-state index is -0.141.